The summed E-state index contributed by atoms with van der Waals surface area (Å²) in [5.41, 5.74) is 0.214. The Labute approximate surface area is 80.6 Å². The van der Waals surface area contributed by atoms with Gasteiger partial charge in [-0.1, -0.05) is 16.8 Å². The molecule has 0 fully saturated rings. The van der Waals surface area contributed by atoms with Crippen LogP contribution in [0.15, 0.2) is 0 Å². The van der Waals surface area contributed by atoms with Crippen molar-refractivity contribution in [2.75, 3.05) is 6.61 Å². The Morgan fingerprint density at radius 2 is 2.31 bits per heavy atom. The maximum Gasteiger partial charge on any atom is 0.359 e. The molecule has 13 heavy (non-hydrogen) atoms. The van der Waals surface area contributed by atoms with Crippen molar-refractivity contribution in [3.63, 3.8) is 0 Å². The fourth-order valence-electron chi connectivity index (χ4n) is 0.902. The predicted octanol–water partition coefficient (Wildman–Crippen LogP) is 1.13. The minimum Gasteiger partial charge on any atom is -0.461 e. The Morgan fingerprint density at radius 1 is 1.62 bits per heavy atom. The molecule has 72 valence electrons. The van der Waals surface area contributed by atoms with Crippen molar-refractivity contribution in [3.8, 4) is 0 Å². The number of carbonyl (C=O) groups is 1. The van der Waals surface area contributed by atoms with Gasteiger partial charge in [-0.05, 0) is 13.8 Å². The van der Waals surface area contributed by atoms with Crippen LogP contribution >= 0.6 is 11.6 Å². The van der Waals surface area contributed by atoms with Crippen molar-refractivity contribution in [2.45, 2.75) is 20.4 Å². The molecule has 0 aliphatic rings. The summed E-state index contributed by atoms with van der Waals surface area (Å²) in [5, 5.41) is 7.32. The highest BCUT2D eigenvalue weighted by molar-refractivity contribution is 6.32. The lowest BCUT2D eigenvalue weighted by Crippen LogP contribution is -2.12. The molecule has 0 saturated heterocycles. The Kier molecular flexibility index (Phi) is 3.25. The first-order valence-electron chi connectivity index (χ1n) is 3.96. The lowest BCUT2D eigenvalue weighted by molar-refractivity contribution is 0.0512. The molecule has 5 nitrogen and oxygen atoms in total. The van der Waals surface area contributed by atoms with Crippen LogP contribution in [0, 0.1) is 0 Å². The third-order valence-corrected chi connectivity index (χ3v) is 1.72. The van der Waals surface area contributed by atoms with Crippen LogP contribution in [0.2, 0.25) is 5.15 Å². The summed E-state index contributed by atoms with van der Waals surface area (Å²) in [5.74, 6) is -0.487. The van der Waals surface area contributed by atoms with E-state index in [0.717, 1.165) is 0 Å². The Balaban J connectivity index is 2.96. The number of carbonyl (C=O) groups excluding carboxylic acids is 1. The maximum atomic E-state index is 11.3. The van der Waals surface area contributed by atoms with Crippen LogP contribution in [0.1, 0.15) is 24.3 Å². The Hall–Kier alpha value is -1.10. The lowest BCUT2D eigenvalue weighted by Gasteiger charge is -2.02. The van der Waals surface area contributed by atoms with E-state index in [1.165, 1.54) is 4.68 Å². The van der Waals surface area contributed by atoms with Gasteiger partial charge < -0.3 is 4.74 Å². The lowest BCUT2D eigenvalue weighted by atomic mass is 10.4. The second-order valence-corrected chi connectivity index (χ2v) is 2.62. The fraction of sp³-hybridized carbons (Fsp3) is 0.571. The zero-order chi connectivity index (χ0) is 9.84. The smallest absolute Gasteiger partial charge is 0.359 e. The number of nitrogens with zero attached hydrogens (tertiary/aromatic N) is 3. The summed E-state index contributed by atoms with van der Waals surface area (Å²) in [6.45, 7) is 4.41. The van der Waals surface area contributed by atoms with Crippen LogP contribution in [0.4, 0.5) is 0 Å². The first kappa shape index (κ1) is 9.98. The predicted molar refractivity (Wildman–Crippen MR) is 46.7 cm³/mol. The average molecular weight is 204 g/mol. The highest BCUT2D eigenvalue weighted by Gasteiger charge is 2.18. The molecule has 0 atom stereocenters. The number of aryl methyl sites for hydroxylation is 1. The van der Waals surface area contributed by atoms with E-state index in [0.29, 0.717) is 13.2 Å². The molecule has 0 saturated carbocycles. The summed E-state index contributed by atoms with van der Waals surface area (Å²) < 4.78 is 6.19. The topological polar surface area (TPSA) is 57.0 Å². The molecule has 1 heterocycles. The van der Waals surface area contributed by atoms with Crippen molar-refractivity contribution in [1.82, 2.24) is 15.0 Å². The van der Waals surface area contributed by atoms with E-state index in [9.17, 15) is 4.79 Å². The molecular formula is C7H10ClN3O2. The molecular weight excluding hydrogens is 194 g/mol. The molecule has 0 amide bonds. The molecule has 0 aliphatic heterocycles. The van der Waals surface area contributed by atoms with Gasteiger partial charge in [-0.2, -0.15) is 0 Å². The number of aromatic nitrogens is 3. The van der Waals surface area contributed by atoms with Gasteiger partial charge in [0, 0.05) is 6.54 Å². The van der Waals surface area contributed by atoms with Crippen LogP contribution < -0.4 is 0 Å². The van der Waals surface area contributed by atoms with Crippen molar-refractivity contribution >= 4 is 17.6 Å². The molecule has 0 aliphatic carbocycles. The second-order valence-electron chi connectivity index (χ2n) is 2.27. The standard InChI is InChI=1S/C7H10ClN3O2/c1-3-11-5(6(8)9-10-11)7(12)13-4-2/h3-4H2,1-2H3. The first-order valence-corrected chi connectivity index (χ1v) is 4.34. The molecule has 0 spiro atoms. The van der Waals surface area contributed by atoms with Gasteiger partial charge >= 0.3 is 5.97 Å². The molecule has 6 heteroatoms. The summed E-state index contributed by atoms with van der Waals surface area (Å²) >= 11 is 5.66. The Bertz CT molecular complexity index is 311. The summed E-state index contributed by atoms with van der Waals surface area (Å²) in [4.78, 5) is 11.3. The average Bonchev–Trinajstić information content (AvgIpc) is 2.47. The Morgan fingerprint density at radius 3 is 2.85 bits per heavy atom. The highest BCUT2D eigenvalue weighted by Crippen LogP contribution is 2.12. The van der Waals surface area contributed by atoms with Gasteiger partial charge in [0.1, 0.15) is 0 Å². The second kappa shape index (κ2) is 4.23. The minimum absolute atomic E-state index is 0.0836. The highest BCUT2D eigenvalue weighted by atomic mass is 35.5. The normalized spacial score (nSPS) is 10.1. The van der Waals surface area contributed by atoms with Gasteiger partial charge in [0.2, 0.25) is 0 Å². The van der Waals surface area contributed by atoms with Crippen molar-refractivity contribution < 1.29 is 9.53 Å². The zero-order valence-corrected chi connectivity index (χ0v) is 8.21. The van der Waals surface area contributed by atoms with Crippen molar-refractivity contribution in [3.05, 3.63) is 10.8 Å². The van der Waals surface area contributed by atoms with E-state index in [2.05, 4.69) is 10.3 Å². The number of esters is 1. The largest absolute Gasteiger partial charge is 0.461 e. The summed E-state index contributed by atoms with van der Waals surface area (Å²) in [7, 11) is 0. The van der Waals surface area contributed by atoms with Crippen molar-refractivity contribution in [1.29, 1.82) is 0 Å². The monoisotopic (exact) mass is 203 g/mol. The maximum absolute atomic E-state index is 11.3. The zero-order valence-electron chi connectivity index (χ0n) is 7.45. The van der Waals surface area contributed by atoms with E-state index >= 15 is 0 Å². The van der Waals surface area contributed by atoms with E-state index < -0.39 is 5.97 Å². The van der Waals surface area contributed by atoms with Crippen LogP contribution in [0.3, 0.4) is 0 Å². The minimum atomic E-state index is -0.487. The quantitative estimate of drug-likeness (QED) is 0.691. The van der Waals surface area contributed by atoms with Gasteiger partial charge in [-0.25, -0.2) is 9.48 Å². The summed E-state index contributed by atoms with van der Waals surface area (Å²) in [6, 6.07) is 0. The van der Waals surface area contributed by atoms with Crippen LogP contribution in [0.5, 0.6) is 0 Å². The van der Waals surface area contributed by atoms with E-state index in [-0.39, 0.29) is 10.8 Å². The third-order valence-electron chi connectivity index (χ3n) is 1.46. The number of ether oxygens (including phenoxy) is 1. The fourth-order valence-corrected chi connectivity index (χ4v) is 1.11. The SMILES string of the molecule is CCOC(=O)c1c(Cl)nnn1CC. The third kappa shape index (κ3) is 1.98. The van der Waals surface area contributed by atoms with Crippen LogP contribution in [0.25, 0.3) is 0 Å². The molecule has 0 N–H and O–H groups in total. The molecule has 1 rings (SSSR count). The van der Waals surface area contributed by atoms with Crippen LogP contribution in [-0.4, -0.2) is 27.6 Å². The molecule has 0 bridgehead atoms. The number of halogens is 1. The molecule has 0 aromatic carbocycles. The van der Waals surface area contributed by atoms with Gasteiger partial charge in [0.15, 0.2) is 10.8 Å². The molecule has 1 aromatic heterocycles. The molecule has 1 aromatic rings. The number of hydrogen-bond acceptors (Lipinski definition) is 4. The van der Waals surface area contributed by atoms with Gasteiger partial charge in [-0.15, -0.1) is 5.10 Å². The molecule has 0 unspecified atom stereocenters. The first-order chi connectivity index (χ1) is 6.20. The van der Waals surface area contributed by atoms with Gasteiger partial charge in [-0.3, -0.25) is 0 Å². The van der Waals surface area contributed by atoms with Crippen molar-refractivity contribution in [2.24, 2.45) is 0 Å². The van der Waals surface area contributed by atoms with E-state index in [1.54, 1.807) is 6.92 Å². The number of hydrogen-bond donors (Lipinski definition) is 0. The summed E-state index contributed by atoms with van der Waals surface area (Å²) in [6.07, 6.45) is 0. The van der Waals surface area contributed by atoms with E-state index in [1.807, 2.05) is 6.92 Å². The van der Waals surface area contributed by atoms with Gasteiger partial charge in [0.05, 0.1) is 6.61 Å². The van der Waals surface area contributed by atoms with E-state index in [4.69, 9.17) is 16.3 Å². The molecule has 0 radical (unpaired) electrons. The van der Waals surface area contributed by atoms with Crippen LogP contribution in [-0.2, 0) is 11.3 Å². The van der Waals surface area contributed by atoms with Gasteiger partial charge in [0.25, 0.3) is 0 Å². The number of rotatable bonds is 3.